The monoisotopic (exact) mass is 289 g/mol. The number of benzene rings is 1. The molecule has 1 aromatic carbocycles. The van der Waals surface area contributed by atoms with Crippen molar-refractivity contribution in [1.82, 2.24) is 25.6 Å². The van der Waals surface area contributed by atoms with Gasteiger partial charge in [-0.3, -0.25) is 4.79 Å². The van der Waals surface area contributed by atoms with E-state index >= 15 is 0 Å². The fourth-order valence-electron chi connectivity index (χ4n) is 1.71. The Bertz CT molecular complexity index is 556. The lowest BCUT2D eigenvalue weighted by Gasteiger charge is -2.04. The number of amides is 1. The molecule has 0 bridgehead atoms. The van der Waals surface area contributed by atoms with E-state index in [9.17, 15) is 4.79 Å². The third kappa shape index (κ3) is 4.66. The number of carbonyl (C=O) groups is 1. The number of hydrogen-bond donors (Lipinski definition) is 2. The minimum absolute atomic E-state index is 0.231. The van der Waals surface area contributed by atoms with E-state index in [4.69, 9.17) is 4.74 Å². The number of ether oxygens (including phenoxy) is 1. The number of nitrogens with one attached hydrogen (secondary N) is 2. The van der Waals surface area contributed by atoms with E-state index in [1.807, 2.05) is 30.3 Å². The van der Waals surface area contributed by atoms with Crippen LogP contribution < -0.4 is 10.6 Å². The van der Waals surface area contributed by atoms with Crippen LogP contribution in [0.25, 0.3) is 5.69 Å². The Balaban J connectivity index is 1.80. The molecule has 0 aliphatic heterocycles. The highest BCUT2D eigenvalue weighted by molar-refractivity contribution is 5.91. The molecule has 1 aromatic heterocycles. The summed E-state index contributed by atoms with van der Waals surface area (Å²) in [6.45, 7) is 2.62. The molecule has 2 N–H and O–H groups in total. The van der Waals surface area contributed by atoms with Gasteiger partial charge in [-0.05, 0) is 12.1 Å². The summed E-state index contributed by atoms with van der Waals surface area (Å²) in [4.78, 5) is 13.3. The van der Waals surface area contributed by atoms with Crippen LogP contribution in [0.5, 0.6) is 0 Å². The van der Waals surface area contributed by atoms with Crippen molar-refractivity contribution in [3.63, 3.8) is 0 Å². The summed E-state index contributed by atoms with van der Waals surface area (Å²) in [7, 11) is 1.65. The van der Waals surface area contributed by atoms with Crippen LogP contribution in [-0.4, -0.2) is 54.3 Å². The maximum absolute atomic E-state index is 11.9. The van der Waals surface area contributed by atoms with E-state index in [1.54, 1.807) is 7.11 Å². The van der Waals surface area contributed by atoms with E-state index in [0.29, 0.717) is 25.4 Å². The van der Waals surface area contributed by atoms with Gasteiger partial charge in [0.25, 0.3) is 5.91 Å². The molecule has 0 radical (unpaired) electrons. The van der Waals surface area contributed by atoms with Crippen LogP contribution in [0.3, 0.4) is 0 Å². The van der Waals surface area contributed by atoms with Gasteiger partial charge >= 0.3 is 0 Å². The second-order valence-corrected chi connectivity index (χ2v) is 4.35. The van der Waals surface area contributed by atoms with Gasteiger partial charge in [-0.2, -0.15) is 9.90 Å². The van der Waals surface area contributed by atoms with Gasteiger partial charge in [0, 0.05) is 26.7 Å². The molecule has 0 saturated carbocycles. The fraction of sp³-hybridized carbons (Fsp3) is 0.357. The third-order valence-electron chi connectivity index (χ3n) is 2.78. The molecule has 2 aromatic rings. The molecule has 0 atom stereocenters. The number of methoxy groups -OCH3 is 1. The highest BCUT2D eigenvalue weighted by Crippen LogP contribution is 2.03. The zero-order chi connectivity index (χ0) is 14.9. The third-order valence-corrected chi connectivity index (χ3v) is 2.78. The molecule has 1 amide bonds. The number of carbonyl (C=O) groups excluding carboxylic acids is 1. The normalized spacial score (nSPS) is 10.5. The molecule has 7 nitrogen and oxygen atoms in total. The van der Waals surface area contributed by atoms with E-state index in [-0.39, 0.29) is 5.91 Å². The van der Waals surface area contributed by atoms with Crippen molar-refractivity contribution in [2.24, 2.45) is 0 Å². The average molecular weight is 289 g/mol. The zero-order valence-corrected chi connectivity index (χ0v) is 12.0. The number of nitrogens with zero attached hydrogens (tertiary/aromatic N) is 3. The SMILES string of the molecule is COCCNCCNC(=O)c1cnn(-c2ccccc2)n1. The summed E-state index contributed by atoms with van der Waals surface area (Å²) in [6.07, 6.45) is 1.46. The second-order valence-electron chi connectivity index (χ2n) is 4.35. The molecule has 0 saturated heterocycles. The molecular weight excluding hydrogens is 270 g/mol. The largest absolute Gasteiger partial charge is 0.383 e. The zero-order valence-electron chi connectivity index (χ0n) is 12.0. The van der Waals surface area contributed by atoms with Gasteiger partial charge in [0.15, 0.2) is 5.69 Å². The molecule has 0 spiro atoms. The Morgan fingerprint density at radius 1 is 1.24 bits per heavy atom. The first-order chi connectivity index (χ1) is 10.3. The fourth-order valence-corrected chi connectivity index (χ4v) is 1.71. The Morgan fingerprint density at radius 3 is 2.81 bits per heavy atom. The highest BCUT2D eigenvalue weighted by Gasteiger charge is 2.10. The average Bonchev–Trinajstić information content (AvgIpc) is 3.01. The van der Waals surface area contributed by atoms with E-state index in [0.717, 1.165) is 12.2 Å². The topological polar surface area (TPSA) is 81.1 Å². The first-order valence-electron chi connectivity index (χ1n) is 6.77. The van der Waals surface area contributed by atoms with Gasteiger partial charge in [0.2, 0.25) is 0 Å². The molecular formula is C14H19N5O2. The van der Waals surface area contributed by atoms with Gasteiger partial charge in [0.1, 0.15) is 0 Å². The molecule has 1 heterocycles. The Labute approximate surface area is 123 Å². The lowest BCUT2D eigenvalue weighted by Crippen LogP contribution is -2.33. The van der Waals surface area contributed by atoms with Crippen molar-refractivity contribution in [2.45, 2.75) is 0 Å². The summed E-state index contributed by atoms with van der Waals surface area (Å²) in [6, 6.07) is 9.45. The molecule has 112 valence electrons. The van der Waals surface area contributed by atoms with Crippen LogP contribution >= 0.6 is 0 Å². The smallest absolute Gasteiger partial charge is 0.273 e. The van der Waals surface area contributed by atoms with E-state index < -0.39 is 0 Å². The van der Waals surface area contributed by atoms with Gasteiger partial charge in [-0.15, -0.1) is 5.10 Å². The van der Waals surface area contributed by atoms with Crippen molar-refractivity contribution < 1.29 is 9.53 Å². The molecule has 0 fully saturated rings. The predicted octanol–water partition coefficient (Wildman–Crippen LogP) is 0.233. The lowest BCUT2D eigenvalue weighted by atomic mass is 10.3. The van der Waals surface area contributed by atoms with E-state index in [1.165, 1.54) is 11.0 Å². The minimum Gasteiger partial charge on any atom is -0.383 e. The van der Waals surface area contributed by atoms with Gasteiger partial charge in [0.05, 0.1) is 18.5 Å². The summed E-state index contributed by atoms with van der Waals surface area (Å²) >= 11 is 0. The first kappa shape index (κ1) is 15.1. The van der Waals surface area contributed by atoms with Crippen LogP contribution in [0.15, 0.2) is 36.5 Å². The first-order valence-corrected chi connectivity index (χ1v) is 6.77. The standard InChI is InChI=1S/C14H19N5O2/c1-21-10-9-15-7-8-16-14(20)13-11-17-19(18-13)12-5-3-2-4-6-12/h2-6,11,15H,7-10H2,1H3,(H,16,20). The molecule has 2 rings (SSSR count). The van der Waals surface area contributed by atoms with Crippen LogP contribution in [0.4, 0.5) is 0 Å². The Morgan fingerprint density at radius 2 is 2.05 bits per heavy atom. The minimum atomic E-state index is -0.231. The predicted molar refractivity (Wildman–Crippen MR) is 78.4 cm³/mol. The van der Waals surface area contributed by atoms with Gasteiger partial charge < -0.3 is 15.4 Å². The molecule has 0 unspecified atom stereocenters. The Hall–Kier alpha value is -2.25. The van der Waals surface area contributed by atoms with Gasteiger partial charge in [-0.1, -0.05) is 18.2 Å². The molecule has 7 heteroatoms. The summed E-state index contributed by atoms with van der Waals surface area (Å²) < 4.78 is 4.91. The second kappa shape index (κ2) is 8.13. The number of aromatic nitrogens is 3. The number of hydrogen-bond acceptors (Lipinski definition) is 5. The van der Waals surface area contributed by atoms with Crippen LogP contribution in [0.1, 0.15) is 10.5 Å². The van der Waals surface area contributed by atoms with Crippen molar-refractivity contribution in [2.75, 3.05) is 33.4 Å². The van der Waals surface area contributed by atoms with Crippen molar-refractivity contribution in [1.29, 1.82) is 0 Å². The van der Waals surface area contributed by atoms with E-state index in [2.05, 4.69) is 20.8 Å². The van der Waals surface area contributed by atoms with Crippen LogP contribution in [0.2, 0.25) is 0 Å². The quantitative estimate of drug-likeness (QED) is 0.680. The summed E-state index contributed by atoms with van der Waals surface area (Å²) in [5.41, 5.74) is 1.12. The summed E-state index contributed by atoms with van der Waals surface area (Å²) in [5, 5.41) is 14.2. The number of para-hydroxylation sites is 1. The Kier molecular flexibility index (Phi) is 5.86. The van der Waals surface area contributed by atoms with Crippen molar-refractivity contribution >= 4 is 5.91 Å². The lowest BCUT2D eigenvalue weighted by molar-refractivity contribution is 0.0948. The molecule has 0 aliphatic rings. The summed E-state index contributed by atoms with van der Waals surface area (Å²) in [5.74, 6) is -0.231. The maximum Gasteiger partial charge on any atom is 0.273 e. The van der Waals surface area contributed by atoms with Crippen molar-refractivity contribution in [3.8, 4) is 5.69 Å². The molecule has 21 heavy (non-hydrogen) atoms. The molecule has 0 aliphatic carbocycles. The highest BCUT2D eigenvalue weighted by atomic mass is 16.5. The number of rotatable bonds is 8. The van der Waals surface area contributed by atoms with Crippen molar-refractivity contribution in [3.05, 3.63) is 42.2 Å². The van der Waals surface area contributed by atoms with Crippen LogP contribution in [0, 0.1) is 0 Å². The maximum atomic E-state index is 11.9. The van der Waals surface area contributed by atoms with Crippen LogP contribution in [-0.2, 0) is 4.74 Å². The van der Waals surface area contributed by atoms with Gasteiger partial charge in [-0.25, -0.2) is 0 Å².